The number of anilines is 1. The van der Waals surface area contributed by atoms with E-state index in [2.05, 4.69) is 10.3 Å². The van der Waals surface area contributed by atoms with Crippen molar-refractivity contribution in [1.82, 2.24) is 4.98 Å². The second-order valence-corrected chi connectivity index (χ2v) is 3.65. The van der Waals surface area contributed by atoms with E-state index in [4.69, 9.17) is 5.26 Å². The lowest BCUT2D eigenvalue weighted by molar-refractivity contribution is 0.102. The predicted molar refractivity (Wildman–Crippen MR) is 63.3 cm³/mol. The number of pyridine rings is 1. The van der Waals surface area contributed by atoms with Gasteiger partial charge in [-0.05, 0) is 24.3 Å². The van der Waals surface area contributed by atoms with Crippen LogP contribution in [0.25, 0.3) is 0 Å². The molecule has 2 rings (SSSR count). The second kappa shape index (κ2) is 5.23. The van der Waals surface area contributed by atoms with Gasteiger partial charge in [0.05, 0.1) is 29.1 Å². The molecule has 0 aliphatic rings. The van der Waals surface area contributed by atoms with E-state index in [0.29, 0.717) is 0 Å². The zero-order valence-electron chi connectivity index (χ0n) is 9.52. The van der Waals surface area contributed by atoms with Gasteiger partial charge in [0.1, 0.15) is 11.6 Å². The zero-order chi connectivity index (χ0) is 13.8. The summed E-state index contributed by atoms with van der Waals surface area (Å²) in [5, 5.41) is 10.9. The van der Waals surface area contributed by atoms with Crippen LogP contribution in [0.2, 0.25) is 0 Å². The summed E-state index contributed by atoms with van der Waals surface area (Å²) in [6, 6.07) is 6.39. The van der Waals surface area contributed by atoms with Crippen LogP contribution in [-0.2, 0) is 0 Å². The number of halogens is 2. The Bertz CT molecular complexity index is 680. The molecule has 1 aromatic carbocycles. The lowest BCUT2D eigenvalue weighted by Gasteiger charge is -2.06. The molecule has 19 heavy (non-hydrogen) atoms. The largest absolute Gasteiger partial charge is 0.319 e. The molecule has 0 saturated heterocycles. The maximum atomic E-state index is 13.5. The summed E-state index contributed by atoms with van der Waals surface area (Å²) >= 11 is 0. The molecular formula is C13H7F2N3O. The molecule has 6 heteroatoms. The van der Waals surface area contributed by atoms with Gasteiger partial charge in [-0.25, -0.2) is 8.78 Å². The molecule has 1 amide bonds. The van der Waals surface area contributed by atoms with Gasteiger partial charge < -0.3 is 5.32 Å². The molecule has 1 heterocycles. The number of carbonyl (C=O) groups is 1. The van der Waals surface area contributed by atoms with Crippen molar-refractivity contribution in [3.05, 3.63) is 59.4 Å². The van der Waals surface area contributed by atoms with Gasteiger partial charge >= 0.3 is 0 Å². The van der Waals surface area contributed by atoms with Crippen LogP contribution in [0, 0.1) is 23.0 Å². The van der Waals surface area contributed by atoms with E-state index >= 15 is 0 Å². The third kappa shape index (κ3) is 2.90. The Labute approximate surface area is 107 Å². The maximum absolute atomic E-state index is 13.5. The van der Waals surface area contributed by atoms with Crippen molar-refractivity contribution in [3.63, 3.8) is 0 Å². The first-order chi connectivity index (χ1) is 9.10. The number of amides is 1. The highest BCUT2D eigenvalue weighted by molar-refractivity contribution is 6.04. The molecule has 0 radical (unpaired) electrons. The normalized spacial score (nSPS) is 9.74. The molecule has 1 N–H and O–H groups in total. The van der Waals surface area contributed by atoms with E-state index in [1.807, 2.05) is 0 Å². The van der Waals surface area contributed by atoms with Gasteiger partial charge in [-0.15, -0.1) is 0 Å². The summed E-state index contributed by atoms with van der Waals surface area (Å²) in [6.07, 6.45) is 2.12. The highest BCUT2D eigenvalue weighted by Crippen LogP contribution is 2.16. The average molecular weight is 259 g/mol. The first-order valence-corrected chi connectivity index (χ1v) is 5.21. The van der Waals surface area contributed by atoms with Crippen LogP contribution >= 0.6 is 0 Å². The van der Waals surface area contributed by atoms with Crippen molar-refractivity contribution in [2.45, 2.75) is 0 Å². The van der Waals surface area contributed by atoms with Gasteiger partial charge in [-0.1, -0.05) is 0 Å². The standard InChI is InChI=1S/C13H7F2N3O/c14-10-4-9(6-17-7-10)13(19)18-12-2-1-8(5-16)3-11(12)15/h1-4,6-7H,(H,18,19). The Morgan fingerprint density at radius 1 is 1.26 bits per heavy atom. The first-order valence-electron chi connectivity index (χ1n) is 5.21. The Balaban J connectivity index is 2.22. The number of hydrogen-bond acceptors (Lipinski definition) is 3. The fourth-order valence-electron chi connectivity index (χ4n) is 1.42. The van der Waals surface area contributed by atoms with Gasteiger partial charge in [0.15, 0.2) is 0 Å². The van der Waals surface area contributed by atoms with Crippen LogP contribution in [0.15, 0.2) is 36.7 Å². The van der Waals surface area contributed by atoms with E-state index in [9.17, 15) is 13.6 Å². The average Bonchev–Trinajstić information content (AvgIpc) is 2.41. The molecule has 0 aliphatic heterocycles. The van der Waals surface area contributed by atoms with E-state index < -0.39 is 17.5 Å². The first kappa shape index (κ1) is 12.6. The van der Waals surface area contributed by atoms with Crippen LogP contribution < -0.4 is 5.32 Å². The van der Waals surface area contributed by atoms with Crippen LogP contribution in [-0.4, -0.2) is 10.9 Å². The molecule has 1 aromatic heterocycles. The lowest BCUT2D eigenvalue weighted by Crippen LogP contribution is -2.13. The third-order valence-corrected chi connectivity index (χ3v) is 2.31. The Morgan fingerprint density at radius 3 is 2.68 bits per heavy atom. The smallest absolute Gasteiger partial charge is 0.257 e. The number of nitrogens with one attached hydrogen (secondary N) is 1. The second-order valence-electron chi connectivity index (χ2n) is 3.65. The molecule has 0 atom stereocenters. The molecular weight excluding hydrogens is 252 g/mol. The van der Waals surface area contributed by atoms with Crippen LogP contribution in [0.5, 0.6) is 0 Å². The van der Waals surface area contributed by atoms with Crippen molar-refractivity contribution < 1.29 is 13.6 Å². The van der Waals surface area contributed by atoms with Crippen molar-refractivity contribution in [1.29, 1.82) is 5.26 Å². The van der Waals surface area contributed by atoms with Gasteiger partial charge in [-0.2, -0.15) is 5.26 Å². The van der Waals surface area contributed by atoms with Crippen LogP contribution in [0.4, 0.5) is 14.5 Å². The van der Waals surface area contributed by atoms with Crippen molar-refractivity contribution >= 4 is 11.6 Å². The summed E-state index contributed by atoms with van der Waals surface area (Å²) in [6.45, 7) is 0. The molecule has 0 fully saturated rings. The Kier molecular flexibility index (Phi) is 3.48. The van der Waals surface area contributed by atoms with Gasteiger partial charge in [-0.3, -0.25) is 9.78 Å². The summed E-state index contributed by atoms with van der Waals surface area (Å²) < 4.78 is 26.4. The van der Waals surface area contributed by atoms with E-state index in [0.717, 1.165) is 18.3 Å². The quantitative estimate of drug-likeness (QED) is 0.901. The Morgan fingerprint density at radius 2 is 2.05 bits per heavy atom. The SMILES string of the molecule is N#Cc1ccc(NC(=O)c2cncc(F)c2)c(F)c1. The van der Waals surface area contributed by atoms with E-state index in [1.54, 1.807) is 6.07 Å². The fourth-order valence-corrected chi connectivity index (χ4v) is 1.42. The molecule has 0 unspecified atom stereocenters. The molecule has 94 valence electrons. The number of aromatic nitrogens is 1. The third-order valence-electron chi connectivity index (χ3n) is 2.31. The van der Waals surface area contributed by atoms with E-state index in [-0.39, 0.29) is 16.8 Å². The molecule has 2 aromatic rings. The molecule has 0 bridgehead atoms. The number of rotatable bonds is 2. The number of nitrogens with zero attached hydrogens (tertiary/aromatic N) is 2. The minimum Gasteiger partial charge on any atom is -0.319 e. The lowest BCUT2D eigenvalue weighted by atomic mass is 10.2. The minimum atomic E-state index is -0.739. The zero-order valence-corrected chi connectivity index (χ0v) is 9.52. The molecule has 0 spiro atoms. The summed E-state index contributed by atoms with van der Waals surface area (Å²) in [4.78, 5) is 15.2. The molecule has 0 saturated carbocycles. The number of hydrogen-bond donors (Lipinski definition) is 1. The van der Waals surface area contributed by atoms with Gasteiger partial charge in [0, 0.05) is 6.20 Å². The van der Waals surface area contributed by atoms with Crippen LogP contribution in [0.3, 0.4) is 0 Å². The van der Waals surface area contributed by atoms with Crippen molar-refractivity contribution in [3.8, 4) is 6.07 Å². The summed E-state index contributed by atoms with van der Waals surface area (Å²) in [5.41, 5.74) is 0.0277. The highest BCUT2D eigenvalue weighted by atomic mass is 19.1. The number of carbonyl (C=O) groups excluding carboxylic acids is 1. The monoisotopic (exact) mass is 259 g/mol. The predicted octanol–water partition coefficient (Wildman–Crippen LogP) is 2.48. The summed E-state index contributed by atoms with van der Waals surface area (Å²) in [5.74, 6) is -2.08. The fraction of sp³-hybridized carbons (Fsp3) is 0. The van der Waals surface area contributed by atoms with Crippen molar-refractivity contribution in [2.24, 2.45) is 0 Å². The topological polar surface area (TPSA) is 65.8 Å². The van der Waals surface area contributed by atoms with E-state index in [1.165, 1.54) is 18.3 Å². The highest BCUT2D eigenvalue weighted by Gasteiger charge is 2.11. The van der Waals surface area contributed by atoms with Crippen molar-refractivity contribution in [2.75, 3.05) is 5.32 Å². The van der Waals surface area contributed by atoms with Gasteiger partial charge in [0.25, 0.3) is 5.91 Å². The minimum absolute atomic E-state index is 0.0243. The van der Waals surface area contributed by atoms with Crippen LogP contribution in [0.1, 0.15) is 15.9 Å². The maximum Gasteiger partial charge on any atom is 0.257 e. The summed E-state index contributed by atoms with van der Waals surface area (Å²) in [7, 11) is 0. The number of benzene rings is 1. The molecule has 4 nitrogen and oxygen atoms in total. The van der Waals surface area contributed by atoms with Gasteiger partial charge in [0.2, 0.25) is 0 Å². The Hall–Kier alpha value is -2.81. The number of nitriles is 1. The molecule has 0 aliphatic carbocycles.